The van der Waals surface area contributed by atoms with Crippen LogP contribution in [0.15, 0.2) is 53.4 Å². The molecule has 3 heterocycles. The fourth-order valence-corrected chi connectivity index (χ4v) is 7.26. The number of aromatic nitrogens is 2. The first-order chi connectivity index (χ1) is 19.2. The van der Waals surface area contributed by atoms with Crippen LogP contribution in [0.25, 0.3) is 22.2 Å². The SMILES string of the molecule is Cc1ccc(S(=O)(=O)n2c(-c3cc(C)nc(C)c3)c(C(C)C)c3cc4c(cc32)CCN(C(=O)OC(C)(C)C)C4)cc1. The predicted molar refractivity (Wildman–Crippen MR) is 163 cm³/mol. The van der Waals surface area contributed by atoms with Crippen LogP contribution < -0.4 is 0 Å². The lowest BCUT2D eigenvalue weighted by molar-refractivity contribution is 0.0224. The van der Waals surface area contributed by atoms with Crippen LogP contribution in [0.2, 0.25) is 0 Å². The molecule has 0 aliphatic carbocycles. The molecule has 0 N–H and O–H groups in total. The van der Waals surface area contributed by atoms with Crippen LogP contribution in [0.1, 0.15) is 74.2 Å². The summed E-state index contributed by atoms with van der Waals surface area (Å²) in [5, 5.41) is 0.877. The normalized spacial score (nSPS) is 14.0. The van der Waals surface area contributed by atoms with E-state index in [4.69, 9.17) is 4.74 Å². The van der Waals surface area contributed by atoms with Gasteiger partial charge in [0.05, 0.1) is 16.1 Å². The Morgan fingerprint density at radius 3 is 2.17 bits per heavy atom. The number of carbonyl (C=O) groups excluding carboxylic acids is 1. The molecule has 0 bridgehead atoms. The van der Waals surface area contributed by atoms with E-state index in [1.165, 1.54) is 3.97 Å². The highest BCUT2D eigenvalue weighted by molar-refractivity contribution is 7.90. The summed E-state index contributed by atoms with van der Waals surface area (Å²) in [6, 6.07) is 15.0. The van der Waals surface area contributed by atoms with Crippen LogP contribution in [0.4, 0.5) is 4.79 Å². The third-order valence-electron chi connectivity index (χ3n) is 7.44. The lowest BCUT2D eigenvalue weighted by Crippen LogP contribution is -2.39. The molecule has 0 atom stereocenters. The highest BCUT2D eigenvalue weighted by Crippen LogP contribution is 2.42. The van der Waals surface area contributed by atoms with Crippen molar-refractivity contribution in [3.05, 3.63) is 82.2 Å². The lowest BCUT2D eigenvalue weighted by Gasteiger charge is -2.31. The molecule has 4 aromatic rings. The molecule has 216 valence electrons. The van der Waals surface area contributed by atoms with Crippen LogP contribution in [0.3, 0.4) is 0 Å². The average Bonchev–Trinajstić information content (AvgIpc) is 3.21. The van der Waals surface area contributed by atoms with E-state index in [0.29, 0.717) is 30.7 Å². The molecule has 0 spiro atoms. The molecule has 1 amide bonds. The molecule has 8 heteroatoms. The number of carbonyl (C=O) groups is 1. The number of fused-ring (bicyclic) bond motifs is 2. The van der Waals surface area contributed by atoms with Crippen LogP contribution in [-0.2, 0) is 27.7 Å². The van der Waals surface area contributed by atoms with E-state index in [1.54, 1.807) is 17.0 Å². The number of amides is 1. The van der Waals surface area contributed by atoms with E-state index < -0.39 is 15.6 Å². The third-order valence-corrected chi connectivity index (χ3v) is 9.17. The summed E-state index contributed by atoms with van der Waals surface area (Å²) in [5.74, 6) is 0.0272. The maximum Gasteiger partial charge on any atom is 0.410 e. The summed E-state index contributed by atoms with van der Waals surface area (Å²) in [7, 11) is -3.96. The van der Waals surface area contributed by atoms with Crippen LogP contribution in [-0.4, -0.2) is 40.5 Å². The van der Waals surface area contributed by atoms with Crippen molar-refractivity contribution in [2.45, 2.75) is 84.8 Å². The van der Waals surface area contributed by atoms with Crippen molar-refractivity contribution in [1.82, 2.24) is 13.9 Å². The minimum atomic E-state index is -3.96. The molecule has 41 heavy (non-hydrogen) atoms. The van der Waals surface area contributed by atoms with Gasteiger partial charge in [-0.15, -0.1) is 0 Å². The molecule has 5 rings (SSSR count). The van der Waals surface area contributed by atoms with Crippen molar-refractivity contribution in [2.75, 3.05) is 6.54 Å². The van der Waals surface area contributed by atoms with Crippen molar-refractivity contribution in [3.63, 3.8) is 0 Å². The zero-order valence-electron chi connectivity index (χ0n) is 25.2. The Hall–Kier alpha value is -3.65. The number of hydrogen-bond donors (Lipinski definition) is 0. The van der Waals surface area contributed by atoms with Crippen LogP contribution in [0, 0.1) is 20.8 Å². The summed E-state index contributed by atoms with van der Waals surface area (Å²) in [6.45, 7) is 16.5. The highest BCUT2D eigenvalue weighted by atomic mass is 32.2. The molecule has 0 fully saturated rings. The Morgan fingerprint density at radius 2 is 1.59 bits per heavy atom. The summed E-state index contributed by atoms with van der Waals surface area (Å²) in [6.07, 6.45) is 0.273. The Bertz CT molecular complexity index is 1740. The molecule has 0 radical (unpaired) electrons. The zero-order valence-corrected chi connectivity index (χ0v) is 26.0. The van der Waals surface area contributed by atoms with Gasteiger partial charge in [-0.2, -0.15) is 0 Å². The Kier molecular flexibility index (Phi) is 7.26. The summed E-state index contributed by atoms with van der Waals surface area (Å²) >= 11 is 0. The van der Waals surface area contributed by atoms with Gasteiger partial charge in [0, 0.05) is 35.4 Å². The quantitative estimate of drug-likeness (QED) is 0.256. The molecule has 0 unspecified atom stereocenters. The van der Waals surface area contributed by atoms with E-state index in [1.807, 2.05) is 71.9 Å². The largest absolute Gasteiger partial charge is 0.444 e. The van der Waals surface area contributed by atoms with Gasteiger partial charge >= 0.3 is 6.09 Å². The van der Waals surface area contributed by atoms with E-state index in [0.717, 1.165) is 44.6 Å². The van der Waals surface area contributed by atoms with E-state index in [2.05, 4.69) is 24.9 Å². The predicted octanol–water partition coefficient (Wildman–Crippen LogP) is 7.28. The lowest BCUT2D eigenvalue weighted by atomic mass is 9.92. The zero-order chi connectivity index (χ0) is 29.9. The van der Waals surface area contributed by atoms with Gasteiger partial charge in [-0.3, -0.25) is 4.98 Å². The van der Waals surface area contributed by atoms with Crippen molar-refractivity contribution in [1.29, 1.82) is 0 Å². The molecule has 1 aliphatic rings. The first kappa shape index (κ1) is 28.9. The van der Waals surface area contributed by atoms with Crippen molar-refractivity contribution >= 4 is 27.0 Å². The number of benzene rings is 2. The fraction of sp³-hybridized carbons (Fsp3) is 0.394. The van der Waals surface area contributed by atoms with Gasteiger partial charge in [0.15, 0.2) is 0 Å². The molecule has 0 saturated carbocycles. The van der Waals surface area contributed by atoms with E-state index in [9.17, 15) is 13.2 Å². The van der Waals surface area contributed by atoms with Gasteiger partial charge in [-0.25, -0.2) is 17.2 Å². The number of pyridine rings is 1. The molecular weight excluding hydrogens is 534 g/mol. The smallest absolute Gasteiger partial charge is 0.410 e. The topological polar surface area (TPSA) is 81.5 Å². The minimum Gasteiger partial charge on any atom is -0.444 e. The summed E-state index contributed by atoms with van der Waals surface area (Å²) < 4.78 is 36.1. The molecule has 7 nitrogen and oxygen atoms in total. The first-order valence-corrected chi connectivity index (χ1v) is 15.6. The summed E-state index contributed by atoms with van der Waals surface area (Å²) in [4.78, 5) is 19.4. The van der Waals surface area contributed by atoms with Gasteiger partial charge in [-0.1, -0.05) is 31.5 Å². The third kappa shape index (κ3) is 5.49. The van der Waals surface area contributed by atoms with Gasteiger partial charge in [-0.05, 0) is 107 Å². The van der Waals surface area contributed by atoms with E-state index in [-0.39, 0.29) is 16.9 Å². The molecule has 2 aromatic carbocycles. The minimum absolute atomic E-state index is 0.0272. The number of hydrogen-bond acceptors (Lipinski definition) is 5. The number of rotatable bonds is 4. The number of aryl methyl sites for hydroxylation is 3. The molecule has 1 aliphatic heterocycles. The van der Waals surface area contributed by atoms with Crippen LogP contribution >= 0.6 is 0 Å². The standard InChI is InChI=1S/C33H39N3O4S/c1-20(2)30-28-17-26-19-35(32(37)40-33(6,7)8)14-13-24(26)18-29(28)36(31(30)25-15-22(4)34-23(5)16-25)41(38,39)27-11-9-21(3)10-12-27/h9-12,15-18,20H,13-14,19H2,1-8H3. The monoisotopic (exact) mass is 573 g/mol. The van der Waals surface area contributed by atoms with Gasteiger partial charge in [0.25, 0.3) is 10.0 Å². The Labute approximate surface area is 243 Å². The molecular formula is C33H39N3O4S. The van der Waals surface area contributed by atoms with Crippen LogP contribution in [0.5, 0.6) is 0 Å². The van der Waals surface area contributed by atoms with Gasteiger partial charge in [0.1, 0.15) is 5.60 Å². The first-order valence-electron chi connectivity index (χ1n) is 14.1. The fourth-order valence-electron chi connectivity index (χ4n) is 5.71. The van der Waals surface area contributed by atoms with Crippen molar-refractivity contribution in [2.24, 2.45) is 0 Å². The van der Waals surface area contributed by atoms with E-state index >= 15 is 0 Å². The Morgan fingerprint density at radius 1 is 0.951 bits per heavy atom. The second kappa shape index (κ2) is 10.3. The average molecular weight is 574 g/mol. The second-order valence-corrected chi connectivity index (χ2v) is 14.2. The van der Waals surface area contributed by atoms with Gasteiger partial charge < -0.3 is 9.64 Å². The summed E-state index contributed by atoms with van der Waals surface area (Å²) in [5.41, 5.74) is 7.21. The maximum absolute atomic E-state index is 14.5. The van der Waals surface area contributed by atoms with Gasteiger partial charge in [0.2, 0.25) is 0 Å². The number of nitrogens with zero attached hydrogens (tertiary/aromatic N) is 3. The van der Waals surface area contributed by atoms with Crippen molar-refractivity contribution < 1.29 is 17.9 Å². The number of ether oxygens (including phenoxy) is 1. The highest BCUT2D eigenvalue weighted by Gasteiger charge is 2.32. The maximum atomic E-state index is 14.5. The Balaban J connectivity index is 1.79. The molecule has 2 aromatic heterocycles. The molecule has 0 saturated heterocycles. The second-order valence-electron chi connectivity index (χ2n) is 12.4. The van der Waals surface area contributed by atoms with Crippen molar-refractivity contribution in [3.8, 4) is 11.3 Å².